The average Bonchev–Trinajstić information content (AvgIpc) is 3.30. The lowest BCUT2D eigenvalue weighted by Crippen LogP contribution is -2.34. The number of primary sulfonamides is 1. The maximum atomic E-state index is 11.2. The van der Waals surface area contributed by atoms with Gasteiger partial charge in [-0.05, 0) is 55.2 Å². The molecule has 0 bridgehead atoms. The molecule has 1 aromatic rings. The molecule has 5 heteroatoms. The molecule has 4 nitrogen and oxygen atoms in total. The largest absolute Gasteiger partial charge is 0.310 e. The number of nitrogens with two attached hydrogens (primary N) is 1. The van der Waals surface area contributed by atoms with Crippen LogP contribution in [-0.2, 0) is 16.6 Å². The molecule has 21 heavy (non-hydrogen) atoms. The first-order valence-electron chi connectivity index (χ1n) is 7.87. The lowest BCUT2D eigenvalue weighted by atomic mass is 9.82. The highest BCUT2D eigenvalue weighted by Crippen LogP contribution is 2.43. The van der Waals surface area contributed by atoms with Gasteiger partial charge in [-0.2, -0.15) is 0 Å². The summed E-state index contributed by atoms with van der Waals surface area (Å²) in [6, 6.07) is 7.46. The van der Waals surface area contributed by atoms with E-state index in [1.807, 2.05) is 12.1 Å². The topological polar surface area (TPSA) is 72.2 Å². The Hall–Kier alpha value is -0.910. The molecule has 2 fully saturated rings. The van der Waals surface area contributed by atoms with Crippen molar-refractivity contribution in [2.75, 3.05) is 0 Å². The normalized spacial score (nSPS) is 26.7. The highest BCUT2D eigenvalue weighted by molar-refractivity contribution is 7.89. The fraction of sp³-hybridized carbons (Fsp3) is 0.625. The molecular weight excluding hydrogens is 284 g/mol. The summed E-state index contributed by atoms with van der Waals surface area (Å²) in [5.41, 5.74) is 1.11. The molecule has 116 valence electrons. The van der Waals surface area contributed by atoms with E-state index in [1.165, 1.54) is 38.5 Å². The van der Waals surface area contributed by atoms with Crippen LogP contribution in [0.4, 0.5) is 0 Å². The van der Waals surface area contributed by atoms with Crippen molar-refractivity contribution >= 4 is 10.0 Å². The predicted octanol–water partition coefficient (Wildman–Crippen LogP) is 2.39. The maximum Gasteiger partial charge on any atom is 0.238 e. The molecule has 0 saturated heterocycles. The van der Waals surface area contributed by atoms with Gasteiger partial charge in [0.25, 0.3) is 0 Å². The first-order valence-corrected chi connectivity index (χ1v) is 9.42. The summed E-state index contributed by atoms with van der Waals surface area (Å²) in [4.78, 5) is 0.178. The first kappa shape index (κ1) is 15.0. The Kier molecular flexibility index (Phi) is 4.33. The van der Waals surface area contributed by atoms with Crippen LogP contribution < -0.4 is 10.5 Å². The molecule has 2 atom stereocenters. The Labute approximate surface area is 127 Å². The summed E-state index contributed by atoms with van der Waals surface area (Å²) in [6.07, 6.45) is 8.19. The van der Waals surface area contributed by atoms with E-state index in [9.17, 15) is 8.42 Å². The van der Waals surface area contributed by atoms with E-state index in [2.05, 4.69) is 5.32 Å². The molecule has 0 amide bonds. The smallest absolute Gasteiger partial charge is 0.238 e. The van der Waals surface area contributed by atoms with Crippen molar-refractivity contribution in [3.63, 3.8) is 0 Å². The number of hydrogen-bond donors (Lipinski definition) is 2. The van der Waals surface area contributed by atoms with Crippen molar-refractivity contribution in [2.45, 2.75) is 56.0 Å². The summed E-state index contributed by atoms with van der Waals surface area (Å²) in [7, 11) is -3.59. The van der Waals surface area contributed by atoms with Gasteiger partial charge in [0.05, 0.1) is 4.90 Å². The SMILES string of the molecule is NS(=O)(=O)c1ccc(CNC2CCCC(C3CC3)C2)cc1. The Balaban J connectivity index is 1.52. The van der Waals surface area contributed by atoms with E-state index in [4.69, 9.17) is 5.14 Å². The van der Waals surface area contributed by atoms with Crippen LogP contribution in [0.3, 0.4) is 0 Å². The van der Waals surface area contributed by atoms with E-state index in [-0.39, 0.29) is 4.90 Å². The van der Waals surface area contributed by atoms with Gasteiger partial charge in [-0.15, -0.1) is 0 Å². The molecular formula is C16H24N2O2S. The molecule has 2 unspecified atom stereocenters. The van der Waals surface area contributed by atoms with Gasteiger partial charge in [-0.25, -0.2) is 13.6 Å². The molecule has 1 aromatic carbocycles. The number of rotatable bonds is 5. The Morgan fingerprint density at radius 2 is 1.76 bits per heavy atom. The van der Waals surface area contributed by atoms with Gasteiger partial charge in [0.15, 0.2) is 0 Å². The summed E-state index contributed by atoms with van der Waals surface area (Å²) in [5, 5.41) is 8.73. The van der Waals surface area contributed by atoms with Crippen LogP contribution in [0.15, 0.2) is 29.2 Å². The average molecular weight is 308 g/mol. The number of nitrogens with one attached hydrogen (secondary N) is 1. The summed E-state index contributed by atoms with van der Waals surface area (Å²) >= 11 is 0. The van der Waals surface area contributed by atoms with E-state index >= 15 is 0 Å². The van der Waals surface area contributed by atoms with E-state index in [0.717, 1.165) is 23.9 Å². The van der Waals surface area contributed by atoms with Crippen LogP contribution in [0.2, 0.25) is 0 Å². The molecule has 2 aliphatic carbocycles. The van der Waals surface area contributed by atoms with Crippen LogP contribution >= 0.6 is 0 Å². The van der Waals surface area contributed by atoms with E-state index in [1.54, 1.807) is 12.1 Å². The van der Waals surface area contributed by atoms with E-state index in [0.29, 0.717) is 6.04 Å². The highest BCUT2D eigenvalue weighted by atomic mass is 32.2. The minimum atomic E-state index is -3.59. The second-order valence-corrected chi connectivity index (χ2v) is 8.09. The standard InChI is InChI=1S/C16H24N2O2S/c17-21(19,20)16-8-4-12(5-9-16)11-18-15-3-1-2-14(10-15)13-6-7-13/h4-5,8-9,13-15,18H,1-3,6-7,10-11H2,(H2,17,19,20). The van der Waals surface area contributed by atoms with Crippen LogP contribution in [0.1, 0.15) is 44.1 Å². The van der Waals surface area contributed by atoms with Crippen LogP contribution in [0.5, 0.6) is 0 Å². The van der Waals surface area contributed by atoms with Gasteiger partial charge in [0.2, 0.25) is 10.0 Å². The van der Waals surface area contributed by atoms with Gasteiger partial charge in [-0.3, -0.25) is 0 Å². The molecule has 0 heterocycles. The fourth-order valence-corrected chi connectivity index (χ4v) is 3.98. The Morgan fingerprint density at radius 1 is 1.05 bits per heavy atom. The molecule has 2 aliphatic rings. The highest BCUT2D eigenvalue weighted by Gasteiger charge is 2.34. The second-order valence-electron chi connectivity index (χ2n) is 6.53. The van der Waals surface area contributed by atoms with E-state index < -0.39 is 10.0 Å². The summed E-state index contributed by atoms with van der Waals surface area (Å²) < 4.78 is 22.4. The predicted molar refractivity (Wildman–Crippen MR) is 83.1 cm³/mol. The minimum absolute atomic E-state index is 0.178. The first-order chi connectivity index (χ1) is 10.0. The minimum Gasteiger partial charge on any atom is -0.310 e. The van der Waals surface area contributed by atoms with Crippen molar-refractivity contribution in [1.82, 2.24) is 5.32 Å². The molecule has 0 aromatic heterocycles. The van der Waals surface area contributed by atoms with Crippen LogP contribution in [0.25, 0.3) is 0 Å². The van der Waals surface area contributed by atoms with Crippen molar-refractivity contribution in [3.8, 4) is 0 Å². The van der Waals surface area contributed by atoms with Gasteiger partial charge >= 0.3 is 0 Å². The summed E-state index contributed by atoms with van der Waals surface area (Å²) in [5.74, 6) is 1.93. The Morgan fingerprint density at radius 3 is 2.38 bits per heavy atom. The van der Waals surface area contributed by atoms with Crippen LogP contribution in [0, 0.1) is 11.8 Å². The zero-order valence-electron chi connectivity index (χ0n) is 12.3. The maximum absolute atomic E-state index is 11.2. The van der Waals surface area contributed by atoms with Crippen molar-refractivity contribution in [3.05, 3.63) is 29.8 Å². The molecule has 2 saturated carbocycles. The lowest BCUT2D eigenvalue weighted by molar-refractivity contribution is 0.260. The number of hydrogen-bond acceptors (Lipinski definition) is 3. The second kappa shape index (κ2) is 6.07. The quantitative estimate of drug-likeness (QED) is 0.877. The molecule has 3 N–H and O–H groups in total. The van der Waals surface area contributed by atoms with Gasteiger partial charge < -0.3 is 5.32 Å². The third kappa shape index (κ3) is 4.05. The zero-order chi connectivity index (χ0) is 14.9. The van der Waals surface area contributed by atoms with Crippen molar-refractivity contribution < 1.29 is 8.42 Å². The number of sulfonamides is 1. The fourth-order valence-electron chi connectivity index (χ4n) is 3.47. The molecule has 0 spiro atoms. The van der Waals surface area contributed by atoms with Gasteiger partial charge in [0, 0.05) is 12.6 Å². The molecule has 0 radical (unpaired) electrons. The number of benzene rings is 1. The molecule has 0 aliphatic heterocycles. The lowest BCUT2D eigenvalue weighted by Gasteiger charge is -2.30. The summed E-state index contributed by atoms with van der Waals surface area (Å²) in [6.45, 7) is 0.799. The van der Waals surface area contributed by atoms with Crippen molar-refractivity contribution in [2.24, 2.45) is 17.0 Å². The zero-order valence-corrected chi connectivity index (χ0v) is 13.1. The van der Waals surface area contributed by atoms with Crippen LogP contribution in [-0.4, -0.2) is 14.5 Å². The van der Waals surface area contributed by atoms with Crippen molar-refractivity contribution in [1.29, 1.82) is 0 Å². The third-order valence-electron chi connectivity index (χ3n) is 4.85. The Bertz CT molecular complexity index is 579. The van der Waals surface area contributed by atoms with Gasteiger partial charge in [0.1, 0.15) is 0 Å². The third-order valence-corrected chi connectivity index (χ3v) is 5.78. The molecule has 3 rings (SSSR count). The monoisotopic (exact) mass is 308 g/mol. The van der Waals surface area contributed by atoms with Gasteiger partial charge in [-0.1, -0.05) is 25.0 Å².